The number of aliphatic hydroxyl groups excluding tert-OH is 1. The van der Waals surface area contributed by atoms with Crippen LogP contribution in [0.15, 0.2) is 24.3 Å². The lowest BCUT2D eigenvalue weighted by atomic mass is 10.1. The number of hydrogen-bond donors (Lipinski definition) is 3. The van der Waals surface area contributed by atoms with Crippen LogP contribution in [0, 0.1) is 10.1 Å². The lowest BCUT2D eigenvalue weighted by Crippen LogP contribution is -2.26. The maximum absolute atomic E-state index is 10.5. The molecule has 0 fully saturated rings. The molecule has 0 bridgehead atoms. The molecule has 0 aliphatic carbocycles. The summed E-state index contributed by atoms with van der Waals surface area (Å²) < 4.78 is 0. The summed E-state index contributed by atoms with van der Waals surface area (Å²) >= 11 is 4.06. The van der Waals surface area contributed by atoms with Gasteiger partial charge in [-0.1, -0.05) is 12.1 Å². The van der Waals surface area contributed by atoms with Gasteiger partial charge in [-0.25, -0.2) is 0 Å². The lowest BCUT2D eigenvalue weighted by molar-refractivity contribution is -0.384. The fraction of sp³-hybridized carbons (Fsp3) is 0.400. The normalized spacial score (nSPS) is 12.4. The van der Waals surface area contributed by atoms with Gasteiger partial charge in [-0.2, -0.15) is 12.6 Å². The first-order valence-electron chi connectivity index (χ1n) is 4.88. The summed E-state index contributed by atoms with van der Waals surface area (Å²) in [7, 11) is 0. The molecule has 0 spiro atoms. The number of nitro benzene ring substituents is 1. The number of non-ortho nitro benzene ring substituents is 1. The Morgan fingerprint density at radius 2 is 2.06 bits per heavy atom. The largest absolute Gasteiger partial charge is 0.394 e. The Morgan fingerprint density at radius 3 is 2.50 bits per heavy atom. The molecule has 2 N–H and O–H groups in total. The molecule has 0 aromatic heterocycles. The number of benzene rings is 1. The zero-order valence-corrected chi connectivity index (χ0v) is 9.56. The van der Waals surface area contributed by atoms with Crippen LogP contribution < -0.4 is 5.32 Å². The van der Waals surface area contributed by atoms with E-state index in [1.807, 2.05) is 0 Å². The number of nitrogens with zero attached hydrogens (tertiary/aromatic N) is 1. The van der Waals surface area contributed by atoms with Crippen LogP contribution in [0.5, 0.6) is 0 Å². The smallest absolute Gasteiger partial charge is 0.269 e. The van der Waals surface area contributed by atoms with Crippen molar-refractivity contribution < 1.29 is 10.0 Å². The first kappa shape index (κ1) is 13.0. The van der Waals surface area contributed by atoms with E-state index < -0.39 is 4.92 Å². The van der Waals surface area contributed by atoms with Crippen molar-refractivity contribution in [3.8, 4) is 0 Å². The van der Waals surface area contributed by atoms with Crippen LogP contribution in [-0.4, -0.2) is 28.9 Å². The highest BCUT2D eigenvalue weighted by Crippen LogP contribution is 2.17. The Labute approximate surface area is 99.0 Å². The SMILES string of the molecule is O=[N+]([O-])c1ccc(C(CO)NCCS)cc1. The van der Waals surface area contributed by atoms with Crippen molar-refractivity contribution in [3.05, 3.63) is 39.9 Å². The fourth-order valence-electron chi connectivity index (χ4n) is 1.35. The average Bonchev–Trinajstić information content (AvgIpc) is 2.30. The summed E-state index contributed by atoms with van der Waals surface area (Å²) in [5.41, 5.74) is 0.879. The summed E-state index contributed by atoms with van der Waals surface area (Å²) in [4.78, 5) is 10.0. The monoisotopic (exact) mass is 242 g/mol. The zero-order valence-electron chi connectivity index (χ0n) is 8.67. The fourth-order valence-corrected chi connectivity index (χ4v) is 1.48. The first-order chi connectivity index (χ1) is 7.69. The quantitative estimate of drug-likeness (QED) is 0.397. The minimum atomic E-state index is -0.446. The Kier molecular flexibility index (Phi) is 5.24. The van der Waals surface area contributed by atoms with Gasteiger partial charge in [0.2, 0.25) is 0 Å². The molecule has 0 amide bonds. The molecule has 88 valence electrons. The number of thiol groups is 1. The Morgan fingerprint density at radius 1 is 1.44 bits per heavy atom. The topological polar surface area (TPSA) is 75.4 Å². The minimum absolute atomic E-state index is 0.0500. The highest BCUT2D eigenvalue weighted by Gasteiger charge is 2.11. The van der Waals surface area contributed by atoms with Crippen molar-refractivity contribution in [1.29, 1.82) is 0 Å². The maximum atomic E-state index is 10.5. The number of nitro groups is 1. The van der Waals surface area contributed by atoms with E-state index in [1.54, 1.807) is 12.1 Å². The summed E-state index contributed by atoms with van der Waals surface area (Å²) in [6.45, 7) is 0.622. The van der Waals surface area contributed by atoms with Crippen LogP contribution in [0.3, 0.4) is 0 Å². The van der Waals surface area contributed by atoms with Crippen molar-refractivity contribution in [2.45, 2.75) is 6.04 Å². The molecule has 1 rings (SSSR count). The third-order valence-corrected chi connectivity index (χ3v) is 2.41. The summed E-state index contributed by atoms with van der Waals surface area (Å²) in [6, 6.07) is 5.95. The van der Waals surface area contributed by atoms with Gasteiger partial charge >= 0.3 is 0 Å². The van der Waals surface area contributed by atoms with Gasteiger partial charge in [0.25, 0.3) is 5.69 Å². The average molecular weight is 242 g/mol. The molecular formula is C10H14N2O3S. The van der Waals surface area contributed by atoms with E-state index in [0.717, 1.165) is 5.56 Å². The predicted molar refractivity (Wildman–Crippen MR) is 64.8 cm³/mol. The van der Waals surface area contributed by atoms with Gasteiger partial charge in [0.05, 0.1) is 17.6 Å². The molecule has 0 saturated carbocycles. The van der Waals surface area contributed by atoms with Crippen LogP contribution in [0.4, 0.5) is 5.69 Å². The minimum Gasteiger partial charge on any atom is -0.394 e. The van der Waals surface area contributed by atoms with Gasteiger partial charge in [0.1, 0.15) is 0 Å². The van der Waals surface area contributed by atoms with E-state index in [9.17, 15) is 10.1 Å². The predicted octanol–water partition coefficient (Wildman–Crippen LogP) is 1.15. The third kappa shape index (κ3) is 3.48. The second-order valence-corrected chi connectivity index (χ2v) is 3.71. The molecule has 1 unspecified atom stereocenters. The van der Waals surface area contributed by atoms with Crippen LogP contribution in [-0.2, 0) is 0 Å². The lowest BCUT2D eigenvalue weighted by Gasteiger charge is -2.15. The van der Waals surface area contributed by atoms with E-state index in [2.05, 4.69) is 17.9 Å². The molecular weight excluding hydrogens is 228 g/mol. The number of nitrogens with one attached hydrogen (secondary N) is 1. The second-order valence-electron chi connectivity index (χ2n) is 3.26. The van der Waals surface area contributed by atoms with E-state index in [1.165, 1.54) is 12.1 Å². The Balaban J connectivity index is 2.74. The molecule has 0 aliphatic rings. The van der Waals surface area contributed by atoms with Crippen molar-refractivity contribution in [2.75, 3.05) is 18.9 Å². The number of hydrogen-bond acceptors (Lipinski definition) is 5. The Hall–Kier alpha value is -1.11. The highest BCUT2D eigenvalue weighted by atomic mass is 32.1. The molecule has 6 heteroatoms. The highest BCUT2D eigenvalue weighted by molar-refractivity contribution is 7.80. The van der Waals surface area contributed by atoms with Crippen LogP contribution >= 0.6 is 12.6 Å². The molecule has 0 aliphatic heterocycles. The first-order valence-corrected chi connectivity index (χ1v) is 5.51. The van der Waals surface area contributed by atoms with E-state index in [-0.39, 0.29) is 18.3 Å². The standard InChI is InChI=1S/C10H14N2O3S/c13-7-10(11-5-6-16)8-1-3-9(4-2-8)12(14)15/h1-4,10-11,13,16H,5-7H2. The van der Waals surface area contributed by atoms with Crippen LogP contribution in [0.1, 0.15) is 11.6 Å². The molecule has 16 heavy (non-hydrogen) atoms. The van der Waals surface area contributed by atoms with Crippen LogP contribution in [0.25, 0.3) is 0 Å². The van der Waals surface area contributed by atoms with E-state index >= 15 is 0 Å². The van der Waals surface area contributed by atoms with Crippen molar-refractivity contribution in [3.63, 3.8) is 0 Å². The second kappa shape index (κ2) is 6.47. The Bertz CT molecular complexity index is 342. The molecule has 5 nitrogen and oxygen atoms in total. The van der Waals surface area contributed by atoms with E-state index in [4.69, 9.17) is 5.11 Å². The van der Waals surface area contributed by atoms with Gasteiger partial charge < -0.3 is 10.4 Å². The number of rotatable bonds is 6. The third-order valence-electron chi connectivity index (χ3n) is 2.19. The molecule has 0 heterocycles. The van der Waals surface area contributed by atoms with Gasteiger partial charge in [-0.05, 0) is 5.56 Å². The maximum Gasteiger partial charge on any atom is 0.269 e. The van der Waals surface area contributed by atoms with Crippen molar-refractivity contribution in [2.24, 2.45) is 0 Å². The van der Waals surface area contributed by atoms with Gasteiger partial charge in [-0.15, -0.1) is 0 Å². The van der Waals surface area contributed by atoms with Gasteiger partial charge in [-0.3, -0.25) is 10.1 Å². The number of aliphatic hydroxyl groups is 1. The summed E-state index contributed by atoms with van der Waals surface area (Å²) in [5.74, 6) is 0.670. The van der Waals surface area contributed by atoms with Crippen LogP contribution in [0.2, 0.25) is 0 Å². The molecule has 0 saturated heterocycles. The molecule has 0 radical (unpaired) electrons. The van der Waals surface area contributed by atoms with Gasteiger partial charge in [0, 0.05) is 24.4 Å². The van der Waals surface area contributed by atoms with Gasteiger partial charge in [0.15, 0.2) is 0 Å². The van der Waals surface area contributed by atoms with Crippen molar-refractivity contribution in [1.82, 2.24) is 5.32 Å². The zero-order chi connectivity index (χ0) is 12.0. The summed E-state index contributed by atoms with van der Waals surface area (Å²) in [5, 5.41) is 22.7. The van der Waals surface area contributed by atoms with E-state index in [0.29, 0.717) is 12.3 Å². The molecule has 1 aromatic carbocycles. The summed E-state index contributed by atoms with van der Waals surface area (Å²) in [6.07, 6.45) is 0. The van der Waals surface area contributed by atoms with Crippen molar-refractivity contribution >= 4 is 18.3 Å². The molecule has 1 aromatic rings. The molecule has 1 atom stereocenters.